The van der Waals surface area contributed by atoms with Crippen LogP contribution in [0.25, 0.3) is 0 Å². The van der Waals surface area contributed by atoms with Crippen molar-refractivity contribution in [1.82, 2.24) is 5.32 Å². The predicted molar refractivity (Wildman–Crippen MR) is 49.3 cm³/mol. The van der Waals surface area contributed by atoms with Gasteiger partial charge in [0.05, 0.1) is 5.75 Å². The molecule has 1 rings (SSSR count). The highest BCUT2D eigenvalue weighted by molar-refractivity contribution is 7.97. The van der Waals surface area contributed by atoms with Gasteiger partial charge in [-0.05, 0) is 18.4 Å². The highest BCUT2D eigenvalue weighted by Crippen LogP contribution is 2.12. The van der Waals surface area contributed by atoms with Gasteiger partial charge in [-0.3, -0.25) is 4.79 Å². The summed E-state index contributed by atoms with van der Waals surface area (Å²) in [6.07, 6.45) is 1.99. The summed E-state index contributed by atoms with van der Waals surface area (Å²) in [5, 5.41) is 2.50. The van der Waals surface area contributed by atoms with Crippen LogP contribution in [0.4, 0.5) is 0 Å². The first kappa shape index (κ1) is 9.19. The molecule has 4 heteroatoms. The monoisotopic (exact) mass is 185 g/mol. The summed E-state index contributed by atoms with van der Waals surface area (Å²) >= 11 is 1.66. The molecule has 0 aliphatic rings. The van der Waals surface area contributed by atoms with Crippen LogP contribution in [-0.4, -0.2) is 19.2 Å². The minimum Gasteiger partial charge on any atom is -0.455 e. The Morgan fingerprint density at radius 1 is 1.67 bits per heavy atom. The number of carbonyl (C=O) groups is 1. The fourth-order valence-electron chi connectivity index (χ4n) is 0.843. The predicted octanol–water partition coefficient (Wildman–Crippen LogP) is 1.50. The van der Waals surface area contributed by atoms with E-state index in [-0.39, 0.29) is 5.91 Å². The molecular formula is C8H11NO2S. The molecule has 0 saturated heterocycles. The van der Waals surface area contributed by atoms with Crippen molar-refractivity contribution in [2.45, 2.75) is 5.75 Å². The molecule has 0 aliphatic heterocycles. The molecule has 1 N–H and O–H groups in total. The van der Waals surface area contributed by atoms with Crippen molar-refractivity contribution < 1.29 is 9.21 Å². The number of rotatable bonds is 3. The Labute approximate surface area is 75.5 Å². The fraction of sp³-hybridized carbons (Fsp3) is 0.375. The minimum absolute atomic E-state index is 0.178. The molecule has 1 aromatic heterocycles. The van der Waals surface area contributed by atoms with E-state index in [1.54, 1.807) is 24.9 Å². The van der Waals surface area contributed by atoms with E-state index in [4.69, 9.17) is 4.42 Å². The Morgan fingerprint density at radius 3 is 3.00 bits per heavy atom. The van der Waals surface area contributed by atoms with E-state index < -0.39 is 0 Å². The van der Waals surface area contributed by atoms with Gasteiger partial charge in [-0.15, -0.1) is 0 Å². The van der Waals surface area contributed by atoms with Crippen LogP contribution in [0.15, 0.2) is 16.5 Å². The largest absolute Gasteiger partial charge is 0.455 e. The van der Waals surface area contributed by atoms with Gasteiger partial charge in [-0.1, -0.05) is 0 Å². The van der Waals surface area contributed by atoms with Crippen molar-refractivity contribution in [3.63, 3.8) is 0 Å². The average molecular weight is 185 g/mol. The Morgan fingerprint density at radius 2 is 2.42 bits per heavy atom. The number of nitrogens with one attached hydrogen (secondary N) is 1. The van der Waals surface area contributed by atoms with Gasteiger partial charge in [-0.25, -0.2) is 0 Å². The maximum atomic E-state index is 11.0. The van der Waals surface area contributed by atoms with E-state index in [1.165, 1.54) is 0 Å². The van der Waals surface area contributed by atoms with Gasteiger partial charge in [0.2, 0.25) is 0 Å². The molecule has 0 aromatic carbocycles. The lowest BCUT2D eigenvalue weighted by Crippen LogP contribution is -2.16. The topological polar surface area (TPSA) is 42.2 Å². The number of hydrogen-bond donors (Lipinski definition) is 1. The molecule has 0 atom stereocenters. The first-order valence-corrected chi connectivity index (χ1v) is 4.97. The van der Waals surface area contributed by atoms with Crippen molar-refractivity contribution in [2.75, 3.05) is 13.3 Å². The lowest BCUT2D eigenvalue weighted by Gasteiger charge is -1.93. The van der Waals surface area contributed by atoms with Crippen LogP contribution in [0.2, 0.25) is 0 Å². The van der Waals surface area contributed by atoms with E-state index in [2.05, 4.69) is 5.32 Å². The van der Waals surface area contributed by atoms with Gasteiger partial charge in [0.1, 0.15) is 5.76 Å². The molecule has 0 saturated carbocycles. The zero-order valence-corrected chi connectivity index (χ0v) is 7.90. The molecule has 0 unspecified atom stereocenters. The maximum Gasteiger partial charge on any atom is 0.286 e. The minimum atomic E-state index is -0.178. The molecule has 1 heterocycles. The molecule has 3 nitrogen and oxygen atoms in total. The molecule has 0 radical (unpaired) electrons. The van der Waals surface area contributed by atoms with Crippen LogP contribution < -0.4 is 5.32 Å². The zero-order chi connectivity index (χ0) is 8.97. The van der Waals surface area contributed by atoms with Crippen molar-refractivity contribution in [1.29, 1.82) is 0 Å². The van der Waals surface area contributed by atoms with E-state index in [0.717, 1.165) is 11.5 Å². The molecule has 0 fully saturated rings. The van der Waals surface area contributed by atoms with Crippen molar-refractivity contribution >= 4 is 17.7 Å². The van der Waals surface area contributed by atoms with E-state index in [9.17, 15) is 4.79 Å². The van der Waals surface area contributed by atoms with Gasteiger partial charge in [0.15, 0.2) is 5.76 Å². The Hall–Kier alpha value is -0.900. The van der Waals surface area contributed by atoms with Crippen LogP contribution in [0.1, 0.15) is 16.3 Å². The second-order valence-corrected chi connectivity index (χ2v) is 3.14. The second-order valence-electron chi connectivity index (χ2n) is 2.28. The molecule has 0 spiro atoms. The average Bonchev–Trinajstić information content (AvgIpc) is 2.52. The number of thioether (sulfide) groups is 1. The summed E-state index contributed by atoms with van der Waals surface area (Å²) in [5.74, 6) is 1.83. The summed E-state index contributed by atoms with van der Waals surface area (Å²) in [6, 6.07) is 3.51. The number of hydrogen-bond acceptors (Lipinski definition) is 3. The van der Waals surface area contributed by atoms with E-state index in [1.807, 2.05) is 12.3 Å². The fourth-order valence-corrected chi connectivity index (χ4v) is 1.28. The van der Waals surface area contributed by atoms with Gasteiger partial charge >= 0.3 is 0 Å². The van der Waals surface area contributed by atoms with Crippen molar-refractivity contribution in [3.8, 4) is 0 Å². The summed E-state index contributed by atoms with van der Waals surface area (Å²) in [5.41, 5.74) is 0. The Balaban J connectivity index is 2.70. The van der Waals surface area contributed by atoms with E-state index >= 15 is 0 Å². The van der Waals surface area contributed by atoms with Gasteiger partial charge < -0.3 is 9.73 Å². The third-order valence-electron chi connectivity index (χ3n) is 1.40. The number of carbonyl (C=O) groups excluding carboxylic acids is 1. The molecule has 66 valence electrons. The normalized spacial score (nSPS) is 9.83. The third kappa shape index (κ3) is 2.04. The quantitative estimate of drug-likeness (QED) is 0.776. The molecule has 1 amide bonds. The summed E-state index contributed by atoms with van der Waals surface area (Å²) in [7, 11) is 1.58. The lowest BCUT2D eigenvalue weighted by atomic mass is 10.4. The highest BCUT2D eigenvalue weighted by Gasteiger charge is 2.07. The highest BCUT2D eigenvalue weighted by atomic mass is 32.2. The van der Waals surface area contributed by atoms with E-state index in [0.29, 0.717) is 5.76 Å². The van der Waals surface area contributed by atoms with Crippen LogP contribution >= 0.6 is 11.8 Å². The smallest absolute Gasteiger partial charge is 0.286 e. The van der Waals surface area contributed by atoms with Crippen molar-refractivity contribution in [3.05, 3.63) is 23.7 Å². The molecular weight excluding hydrogens is 174 g/mol. The zero-order valence-electron chi connectivity index (χ0n) is 7.09. The van der Waals surface area contributed by atoms with Crippen LogP contribution in [0.3, 0.4) is 0 Å². The SMILES string of the molecule is CNC(=O)c1ccc(CSC)o1. The molecule has 0 aliphatic carbocycles. The van der Waals surface area contributed by atoms with Gasteiger partial charge in [0, 0.05) is 7.05 Å². The van der Waals surface area contributed by atoms with Gasteiger partial charge in [0.25, 0.3) is 5.91 Å². The number of furan rings is 1. The lowest BCUT2D eigenvalue weighted by molar-refractivity contribution is 0.0934. The van der Waals surface area contributed by atoms with Crippen LogP contribution in [0.5, 0.6) is 0 Å². The van der Waals surface area contributed by atoms with Crippen molar-refractivity contribution in [2.24, 2.45) is 0 Å². The van der Waals surface area contributed by atoms with Crippen LogP contribution in [-0.2, 0) is 5.75 Å². The molecule has 0 bridgehead atoms. The second kappa shape index (κ2) is 4.21. The first-order valence-electron chi connectivity index (χ1n) is 3.57. The molecule has 12 heavy (non-hydrogen) atoms. The number of amides is 1. The van der Waals surface area contributed by atoms with Crippen LogP contribution in [0, 0.1) is 0 Å². The maximum absolute atomic E-state index is 11.0. The third-order valence-corrected chi connectivity index (χ3v) is 1.97. The summed E-state index contributed by atoms with van der Waals surface area (Å²) in [6.45, 7) is 0. The molecule has 1 aromatic rings. The standard InChI is InChI=1S/C8H11NO2S/c1-9-8(10)7-4-3-6(11-7)5-12-2/h3-4H,5H2,1-2H3,(H,9,10). The first-order chi connectivity index (χ1) is 5.77. The van der Waals surface area contributed by atoms with Gasteiger partial charge in [-0.2, -0.15) is 11.8 Å². The summed E-state index contributed by atoms with van der Waals surface area (Å²) < 4.78 is 5.24. The Kier molecular flexibility index (Phi) is 3.22. The summed E-state index contributed by atoms with van der Waals surface area (Å²) in [4.78, 5) is 11.0. The Bertz CT molecular complexity index is 270.